The topological polar surface area (TPSA) is 41.6 Å². The Bertz CT molecular complexity index is 445. The lowest BCUT2D eigenvalue weighted by Gasteiger charge is -2.17. The summed E-state index contributed by atoms with van der Waals surface area (Å²) in [6.45, 7) is 2.55. The first kappa shape index (κ1) is 14.3. The Balaban J connectivity index is 1.99. The molecule has 0 aliphatic carbocycles. The van der Waals surface area contributed by atoms with Crippen molar-refractivity contribution >= 4 is 21.8 Å². The Morgan fingerprint density at radius 3 is 2.84 bits per heavy atom. The number of ether oxygens (including phenoxy) is 1. The van der Waals surface area contributed by atoms with E-state index in [1.54, 1.807) is 0 Å². The molecule has 2 rings (SSSR count). The quantitative estimate of drug-likeness (QED) is 0.901. The maximum Gasteiger partial charge on any atom is 0.260 e. The fraction of sp³-hybridized carbons (Fsp3) is 0.500. The first-order valence-corrected chi connectivity index (χ1v) is 7.34. The molecule has 104 valence electrons. The van der Waals surface area contributed by atoms with E-state index in [4.69, 9.17) is 4.74 Å². The lowest BCUT2D eigenvalue weighted by atomic mass is 10.2. The molecular formula is C14H19BrN2O2. The Labute approximate surface area is 122 Å². The van der Waals surface area contributed by atoms with Gasteiger partial charge in [-0.05, 0) is 41.9 Å². The summed E-state index contributed by atoms with van der Waals surface area (Å²) in [6, 6.07) is 5.89. The maximum atomic E-state index is 12.0. The molecule has 0 aromatic heterocycles. The van der Waals surface area contributed by atoms with Crippen LogP contribution < -0.4 is 10.1 Å². The van der Waals surface area contributed by atoms with E-state index in [9.17, 15) is 4.79 Å². The number of hydrogen-bond donors (Lipinski definition) is 1. The van der Waals surface area contributed by atoms with Crippen LogP contribution in [0.2, 0.25) is 0 Å². The van der Waals surface area contributed by atoms with E-state index in [-0.39, 0.29) is 12.5 Å². The van der Waals surface area contributed by atoms with E-state index < -0.39 is 0 Å². The molecule has 5 heteroatoms. The number of likely N-dealkylation sites (tertiary alicyclic amines) is 1. The molecule has 0 atom stereocenters. The van der Waals surface area contributed by atoms with Crippen molar-refractivity contribution in [2.75, 3.05) is 26.7 Å². The highest BCUT2D eigenvalue weighted by atomic mass is 79.9. The molecule has 4 nitrogen and oxygen atoms in total. The molecular weight excluding hydrogens is 308 g/mol. The van der Waals surface area contributed by atoms with Crippen molar-refractivity contribution in [3.63, 3.8) is 0 Å². The van der Waals surface area contributed by atoms with E-state index in [0.29, 0.717) is 6.54 Å². The van der Waals surface area contributed by atoms with Gasteiger partial charge >= 0.3 is 0 Å². The van der Waals surface area contributed by atoms with Gasteiger partial charge in [0.05, 0.1) is 4.47 Å². The molecule has 1 aromatic rings. The molecule has 0 unspecified atom stereocenters. The maximum absolute atomic E-state index is 12.0. The van der Waals surface area contributed by atoms with Gasteiger partial charge in [-0.3, -0.25) is 4.79 Å². The van der Waals surface area contributed by atoms with Crippen molar-refractivity contribution in [2.45, 2.75) is 19.4 Å². The van der Waals surface area contributed by atoms with Crippen LogP contribution in [0, 0.1) is 0 Å². The van der Waals surface area contributed by atoms with Gasteiger partial charge in [-0.2, -0.15) is 0 Å². The van der Waals surface area contributed by atoms with Gasteiger partial charge < -0.3 is 15.0 Å². The minimum atomic E-state index is 0.0728. The third kappa shape index (κ3) is 3.70. The van der Waals surface area contributed by atoms with Gasteiger partial charge in [-0.15, -0.1) is 0 Å². The summed E-state index contributed by atoms with van der Waals surface area (Å²) in [6.07, 6.45) is 2.21. The van der Waals surface area contributed by atoms with Crippen molar-refractivity contribution in [1.29, 1.82) is 0 Å². The van der Waals surface area contributed by atoms with Crippen molar-refractivity contribution in [2.24, 2.45) is 0 Å². The predicted octanol–water partition coefficient (Wildman–Crippen LogP) is 2.17. The van der Waals surface area contributed by atoms with Gasteiger partial charge in [0.2, 0.25) is 0 Å². The van der Waals surface area contributed by atoms with Crippen LogP contribution in [0.3, 0.4) is 0 Å². The average Bonchev–Trinajstić information content (AvgIpc) is 2.92. The Morgan fingerprint density at radius 1 is 1.42 bits per heavy atom. The molecule has 1 aliphatic heterocycles. The summed E-state index contributed by atoms with van der Waals surface area (Å²) in [7, 11) is 1.89. The highest BCUT2D eigenvalue weighted by Crippen LogP contribution is 2.29. The van der Waals surface area contributed by atoms with Gasteiger partial charge in [0.25, 0.3) is 5.91 Å². The molecule has 19 heavy (non-hydrogen) atoms. The first-order chi connectivity index (χ1) is 9.22. The minimum absolute atomic E-state index is 0.0728. The summed E-state index contributed by atoms with van der Waals surface area (Å²) >= 11 is 3.47. The zero-order chi connectivity index (χ0) is 13.7. The summed E-state index contributed by atoms with van der Waals surface area (Å²) in [4.78, 5) is 13.8. The van der Waals surface area contributed by atoms with Crippen LogP contribution >= 0.6 is 15.9 Å². The second-order valence-corrected chi connectivity index (χ2v) is 5.49. The molecule has 0 radical (unpaired) electrons. The van der Waals surface area contributed by atoms with Crippen LogP contribution in [0.5, 0.6) is 5.75 Å². The number of amides is 1. The summed E-state index contributed by atoms with van der Waals surface area (Å²) in [5, 5.41) is 3.10. The van der Waals surface area contributed by atoms with Crippen LogP contribution in [0.15, 0.2) is 22.7 Å². The normalized spacial score (nSPS) is 14.7. The molecule has 1 fully saturated rings. The number of carbonyl (C=O) groups is 1. The van der Waals surface area contributed by atoms with Gasteiger partial charge in [-0.1, -0.05) is 12.1 Å². The lowest BCUT2D eigenvalue weighted by molar-refractivity contribution is -0.132. The van der Waals surface area contributed by atoms with Gasteiger partial charge in [0, 0.05) is 25.2 Å². The van der Waals surface area contributed by atoms with E-state index in [1.807, 2.05) is 30.1 Å². The summed E-state index contributed by atoms with van der Waals surface area (Å²) in [5.41, 5.74) is 1.05. The van der Waals surface area contributed by atoms with E-state index in [2.05, 4.69) is 21.2 Å². The number of rotatable bonds is 5. The molecule has 0 saturated carbocycles. The third-order valence-electron chi connectivity index (χ3n) is 3.21. The molecule has 1 N–H and O–H groups in total. The Morgan fingerprint density at radius 2 is 2.16 bits per heavy atom. The highest BCUT2D eigenvalue weighted by Gasteiger charge is 2.19. The largest absolute Gasteiger partial charge is 0.482 e. The van der Waals surface area contributed by atoms with Gasteiger partial charge in [-0.25, -0.2) is 0 Å². The molecule has 0 spiro atoms. The zero-order valence-corrected chi connectivity index (χ0v) is 12.7. The highest BCUT2D eigenvalue weighted by molar-refractivity contribution is 9.10. The second kappa shape index (κ2) is 6.91. The SMILES string of the molecule is CNCc1cccc(Br)c1OCC(=O)N1CCCC1. The van der Waals surface area contributed by atoms with Crippen LogP contribution in [0.4, 0.5) is 0 Å². The van der Waals surface area contributed by atoms with Gasteiger partial charge in [0.1, 0.15) is 5.75 Å². The predicted molar refractivity (Wildman–Crippen MR) is 78.2 cm³/mol. The number of halogens is 1. The van der Waals surface area contributed by atoms with Crippen molar-refractivity contribution in [3.8, 4) is 5.75 Å². The molecule has 0 bridgehead atoms. The van der Waals surface area contributed by atoms with E-state index in [1.165, 1.54) is 0 Å². The molecule has 1 amide bonds. The second-order valence-electron chi connectivity index (χ2n) is 4.63. The number of nitrogens with one attached hydrogen (secondary N) is 1. The summed E-state index contributed by atoms with van der Waals surface area (Å²) in [5.74, 6) is 0.827. The number of hydrogen-bond acceptors (Lipinski definition) is 3. The molecule has 1 aromatic carbocycles. The minimum Gasteiger partial charge on any atom is -0.482 e. The standard InChI is InChI=1S/C14H19BrN2O2/c1-16-9-11-5-4-6-12(15)14(11)19-10-13(18)17-7-2-3-8-17/h4-6,16H,2-3,7-10H2,1H3. The van der Waals surface area contributed by atoms with Crippen molar-refractivity contribution < 1.29 is 9.53 Å². The van der Waals surface area contributed by atoms with Crippen LogP contribution in [0.1, 0.15) is 18.4 Å². The van der Waals surface area contributed by atoms with E-state index >= 15 is 0 Å². The first-order valence-electron chi connectivity index (χ1n) is 6.55. The Hall–Kier alpha value is -1.07. The zero-order valence-electron chi connectivity index (χ0n) is 11.1. The van der Waals surface area contributed by atoms with Gasteiger partial charge in [0.15, 0.2) is 6.61 Å². The monoisotopic (exact) mass is 326 g/mol. The molecule has 1 aliphatic rings. The lowest BCUT2D eigenvalue weighted by Crippen LogP contribution is -2.32. The average molecular weight is 327 g/mol. The third-order valence-corrected chi connectivity index (χ3v) is 3.84. The smallest absolute Gasteiger partial charge is 0.260 e. The fourth-order valence-corrected chi connectivity index (χ4v) is 2.76. The van der Waals surface area contributed by atoms with E-state index in [0.717, 1.165) is 41.7 Å². The van der Waals surface area contributed by atoms with Crippen LogP contribution in [-0.4, -0.2) is 37.6 Å². The number of carbonyl (C=O) groups excluding carboxylic acids is 1. The van der Waals surface area contributed by atoms with Crippen LogP contribution in [-0.2, 0) is 11.3 Å². The van der Waals surface area contributed by atoms with Crippen LogP contribution in [0.25, 0.3) is 0 Å². The molecule has 1 saturated heterocycles. The number of nitrogens with zero attached hydrogens (tertiary/aromatic N) is 1. The number of para-hydroxylation sites is 1. The number of benzene rings is 1. The fourth-order valence-electron chi connectivity index (χ4n) is 2.24. The Kier molecular flexibility index (Phi) is 5.22. The van der Waals surface area contributed by atoms with Crippen molar-refractivity contribution in [3.05, 3.63) is 28.2 Å². The van der Waals surface area contributed by atoms with Crippen molar-refractivity contribution in [1.82, 2.24) is 10.2 Å². The summed E-state index contributed by atoms with van der Waals surface area (Å²) < 4.78 is 6.60. The molecule has 1 heterocycles.